The maximum Gasteiger partial charge on any atom is 0.330 e. The van der Waals surface area contributed by atoms with Crippen molar-refractivity contribution in [1.29, 1.82) is 0 Å². The van der Waals surface area contributed by atoms with E-state index in [-0.39, 0.29) is 42.5 Å². The second-order valence-electron chi connectivity index (χ2n) is 8.89. The van der Waals surface area contributed by atoms with Crippen LogP contribution in [0.4, 0.5) is 11.5 Å². The predicted octanol–water partition coefficient (Wildman–Crippen LogP) is 1.66. The fourth-order valence-corrected chi connectivity index (χ4v) is 4.19. The number of piperidine rings is 1. The number of amides is 1. The van der Waals surface area contributed by atoms with Gasteiger partial charge in [-0.2, -0.15) is 0 Å². The summed E-state index contributed by atoms with van der Waals surface area (Å²) in [6.45, 7) is 8.83. The molecule has 1 amide bonds. The van der Waals surface area contributed by atoms with Crippen molar-refractivity contribution < 1.29 is 9.53 Å². The minimum absolute atomic E-state index is 0.00310. The summed E-state index contributed by atoms with van der Waals surface area (Å²) in [5.41, 5.74) is 6.01. The fraction of sp³-hybridized carbons (Fsp3) is 0.542. The molecular weight excluding hydrogens is 422 g/mol. The minimum Gasteiger partial charge on any atom is -0.383 e. The number of carbonyl (C=O) groups is 1. The van der Waals surface area contributed by atoms with Gasteiger partial charge in [-0.25, -0.2) is 4.79 Å². The number of aromatic amines is 1. The summed E-state index contributed by atoms with van der Waals surface area (Å²) < 4.78 is 7.00. The molecule has 1 fully saturated rings. The molecule has 1 aromatic carbocycles. The monoisotopic (exact) mass is 457 g/mol. The van der Waals surface area contributed by atoms with Crippen molar-refractivity contribution in [2.24, 2.45) is 5.92 Å². The van der Waals surface area contributed by atoms with Crippen molar-refractivity contribution in [3.05, 3.63) is 56.7 Å². The number of nitrogens with two attached hydrogens (primary N) is 1. The minimum atomic E-state index is -0.647. The molecule has 1 aromatic heterocycles. The molecule has 3 rings (SSSR count). The first-order valence-electron chi connectivity index (χ1n) is 11.6. The molecule has 0 unspecified atom stereocenters. The van der Waals surface area contributed by atoms with Gasteiger partial charge in [0.15, 0.2) is 5.69 Å². The standard InChI is InChI=1S/C24H35N5O4/c1-4-33-19-10-12-27(13-11-19)16-20(30)28(14-17(2)3)21-22(25)29(24(32)26-23(21)31)15-18-8-6-5-7-9-18/h5-9,17,19H,4,10-16,25H2,1-3H3,(H,26,31,32). The maximum atomic E-state index is 13.4. The molecule has 0 saturated carbocycles. The number of aromatic nitrogens is 2. The molecule has 180 valence electrons. The lowest BCUT2D eigenvalue weighted by molar-refractivity contribution is -0.120. The van der Waals surface area contributed by atoms with Crippen LogP contribution in [0.15, 0.2) is 39.9 Å². The van der Waals surface area contributed by atoms with Crippen molar-refractivity contribution >= 4 is 17.4 Å². The Morgan fingerprint density at radius 3 is 2.48 bits per heavy atom. The lowest BCUT2D eigenvalue weighted by Crippen LogP contribution is -2.48. The van der Waals surface area contributed by atoms with Crippen LogP contribution in [0.5, 0.6) is 0 Å². The van der Waals surface area contributed by atoms with E-state index in [1.165, 1.54) is 9.47 Å². The smallest absolute Gasteiger partial charge is 0.330 e. The first-order chi connectivity index (χ1) is 15.8. The highest BCUT2D eigenvalue weighted by Crippen LogP contribution is 2.21. The molecule has 0 radical (unpaired) electrons. The van der Waals surface area contributed by atoms with Crippen LogP contribution in [0.1, 0.15) is 39.2 Å². The number of benzene rings is 1. The van der Waals surface area contributed by atoms with E-state index in [9.17, 15) is 14.4 Å². The van der Waals surface area contributed by atoms with Gasteiger partial charge in [0.05, 0.1) is 19.2 Å². The number of hydrogen-bond acceptors (Lipinski definition) is 6. The number of nitrogens with zero attached hydrogens (tertiary/aromatic N) is 3. The van der Waals surface area contributed by atoms with Crippen molar-refractivity contribution in [2.75, 3.05) is 43.4 Å². The summed E-state index contributed by atoms with van der Waals surface area (Å²) in [6.07, 6.45) is 1.97. The quantitative estimate of drug-likeness (QED) is 0.592. The Bertz CT molecular complexity index is 1040. The number of hydrogen-bond donors (Lipinski definition) is 2. The van der Waals surface area contributed by atoms with E-state index in [4.69, 9.17) is 10.5 Å². The van der Waals surface area contributed by atoms with E-state index in [1.54, 1.807) is 0 Å². The Hall–Kier alpha value is -2.91. The molecule has 33 heavy (non-hydrogen) atoms. The Morgan fingerprint density at radius 1 is 1.21 bits per heavy atom. The third-order valence-corrected chi connectivity index (χ3v) is 5.81. The Balaban J connectivity index is 1.87. The SMILES string of the molecule is CCOC1CCN(CC(=O)N(CC(C)C)c2c(N)n(Cc3ccccc3)c(=O)[nH]c2=O)CC1. The second-order valence-corrected chi connectivity index (χ2v) is 8.89. The van der Waals surface area contributed by atoms with Gasteiger partial charge in [0, 0.05) is 26.2 Å². The average molecular weight is 458 g/mol. The molecule has 1 aliphatic rings. The first kappa shape index (κ1) is 24.7. The molecule has 0 atom stereocenters. The van der Waals surface area contributed by atoms with E-state index in [1.807, 2.05) is 51.1 Å². The van der Waals surface area contributed by atoms with Crippen LogP contribution >= 0.6 is 0 Å². The molecule has 0 aliphatic carbocycles. The number of likely N-dealkylation sites (tertiary alicyclic amines) is 1. The normalized spacial score (nSPS) is 15.2. The molecule has 1 saturated heterocycles. The third-order valence-electron chi connectivity index (χ3n) is 5.81. The summed E-state index contributed by atoms with van der Waals surface area (Å²) in [5.74, 6) is -0.108. The number of anilines is 2. The van der Waals surface area contributed by atoms with Crippen LogP contribution in [-0.2, 0) is 16.1 Å². The Kier molecular flexibility index (Phi) is 8.46. The van der Waals surface area contributed by atoms with Gasteiger partial charge >= 0.3 is 5.69 Å². The van der Waals surface area contributed by atoms with Gasteiger partial charge in [-0.05, 0) is 31.2 Å². The first-order valence-corrected chi connectivity index (χ1v) is 11.6. The summed E-state index contributed by atoms with van der Waals surface area (Å²) in [6, 6.07) is 9.37. The van der Waals surface area contributed by atoms with Crippen LogP contribution < -0.4 is 21.9 Å². The van der Waals surface area contributed by atoms with E-state index < -0.39 is 11.2 Å². The molecule has 2 aromatic rings. The maximum absolute atomic E-state index is 13.4. The van der Waals surface area contributed by atoms with Gasteiger partial charge in [-0.3, -0.25) is 24.0 Å². The molecule has 0 bridgehead atoms. The molecular formula is C24H35N5O4. The van der Waals surface area contributed by atoms with Crippen molar-refractivity contribution in [2.45, 2.75) is 46.3 Å². The highest BCUT2D eigenvalue weighted by Gasteiger charge is 2.28. The average Bonchev–Trinajstić information content (AvgIpc) is 2.78. The van der Waals surface area contributed by atoms with Gasteiger partial charge in [0.2, 0.25) is 5.91 Å². The number of H-pyrrole nitrogens is 1. The van der Waals surface area contributed by atoms with Gasteiger partial charge in [-0.15, -0.1) is 0 Å². The topological polar surface area (TPSA) is 114 Å². The highest BCUT2D eigenvalue weighted by molar-refractivity contribution is 5.96. The van der Waals surface area contributed by atoms with Crippen LogP contribution in [0, 0.1) is 5.92 Å². The van der Waals surface area contributed by atoms with Crippen LogP contribution in [0.3, 0.4) is 0 Å². The van der Waals surface area contributed by atoms with Crippen LogP contribution in [0.25, 0.3) is 0 Å². The number of ether oxygens (including phenoxy) is 1. The molecule has 1 aliphatic heterocycles. The van der Waals surface area contributed by atoms with Crippen molar-refractivity contribution in [3.63, 3.8) is 0 Å². The fourth-order valence-electron chi connectivity index (χ4n) is 4.19. The van der Waals surface area contributed by atoms with Gasteiger partial charge in [0.1, 0.15) is 5.82 Å². The third kappa shape index (κ3) is 6.33. The number of nitrogens with one attached hydrogen (secondary N) is 1. The molecule has 9 heteroatoms. The summed E-state index contributed by atoms with van der Waals surface area (Å²) >= 11 is 0. The van der Waals surface area contributed by atoms with Crippen LogP contribution in [-0.4, -0.2) is 59.2 Å². The lowest BCUT2D eigenvalue weighted by Gasteiger charge is -2.33. The number of carbonyl (C=O) groups excluding carboxylic acids is 1. The zero-order valence-electron chi connectivity index (χ0n) is 19.8. The van der Waals surface area contributed by atoms with E-state index in [0.29, 0.717) is 13.2 Å². The largest absolute Gasteiger partial charge is 0.383 e. The number of rotatable bonds is 9. The predicted molar refractivity (Wildman–Crippen MR) is 130 cm³/mol. The Morgan fingerprint density at radius 2 is 1.88 bits per heavy atom. The molecule has 0 spiro atoms. The van der Waals surface area contributed by atoms with E-state index >= 15 is 0 Å². The van der Waals surface area contributed by atoms with Gasteiger partial charge in [-0.1, -0.05) is 44.2 Å². The molecule has 2 heterocycles. The Labute approximate surface area is 194 Å². The highest BCUT2D eigenvalue weighted by atomic mass is 16.5. The van der Waals surface area contributed by atoms with E-state index in [2.05, 4.69) is 9.88 Å². The number of nitrogen functional groups attached to an aromatic ring is 1. The molecule has 9 nitrogen and oxygen atoms in total. The zero-order chi connectivity index (χ0) is 24.0. The van der Waals surface area contributed by atoms with E-state index in [0.717, 1.165) is 31.5 Å². The van der Waals surface area contributed by atoms with Gasteiger partial charge < -0.3 is 15.4 Å². The van der Waals surface area contributed by atoms with Crippen LogP contribution in [0.2, 0.25) is 0 Å². The zero-order valence-corrected chi connectivity index (χ0v) is 19.8. The molecule has 3 N–H and O–H groups in total. The van der Waals surface area contributed by atoms with Crippen molar-refractivity contribution in [3.8, 4) is 0 Å². The summed E-state index contributed by atoms with van der Waals surface area (Å²) in [4.78, 5) is 44.6. The van der Waals surface area contributed by atoms with Gasteiger partial charge in [0.25, 0.3) is 5.56 Å². The second kappa shape index (κ2) is 11.3. The summed E-state index contributed by atoms with van der Waals surface area (Å²) in [5, 5.41) is 0. The lowest BCUT2D eigenvalue weighted by atomic mass is 10.1. The van der Waals surface area contributed by atoms with Crippen molar-refractivity contribution in [1.82, 2.24) is 14.5 Å². The summed E-state index contributed by atoms with van der Waals surface area (Å²) in [7, 11) is 0.